The van der Waals surface area contributed by atoms with Crippen LogP contribution in [0.2, 0.25) is 0 Å². The van der Waals surface area contributed by atoms with Gasteiger partial charge in [0, 0.05) is 11.6 Å². The molecule has 0 heterocycles. The van der Waals surface area contributed by atoms with E-state index in [2.05, 4.69) is 24.5 Å². The molecule has 1 fully saturated rings. The smallest absolute Gasteiger partial charge is 0.252 e. The van der Waals surface area contributed by atoms with Gasteiger partial charge in [-0.15, -0.1) is 0 Å². The SMILES string of the molecule is Cc1ccccc1C(=O)N[C@H](CC(C)C)C(=O)NC1CCCC1. The van der Waals surface area contributed by atoms with E-state index in [4.69, 9.17) is 0 Å². The van der Waals surface area contributed by atoms with Crippen LogP contribution in [0.5, 0.6) is 0 Å². The molecule has 2 N–H and O–H groups in total. The summed E-state index contributed by atoms with van der Waals surface area (Å²) in [5.74, 6) is 0.120. The van der Waals surface area contributed by atoms with Gasteiger partial charge >= 0.3 is 0 Å². The fourth-order valence-electron chi connectivity index (χ4n) is 3.14. The predicted octanol–water partition coefficient (Wildman–Crippen LogP) is 3.20. The lowest BCUT2D eigenvalue weighted by molar-refractivity contribution is -0.124. The second-order valence-corrected chi connectivity index (χ2v) is 6.96. The number of carbonyl (C=O) groups is 2. The fourth-order valence-corrected chi connectivity index (χ4v) is 3.14. The van der Waals surface area contributed by atoms with E-state index in [9.17, 15) is 9.59 Å². The standard InChI is InChI=1S/C19H28N2O2/c1-13(2)12-17(19(23)20-15-9-5-6-10-15)21-18(22)16-11-7-4-8-14(16)3/h4,7-8,11,13,15,17H,5-6,9-10,12H2,1-3H3,(H,20,23)(H,21,22)/t17-/m1/s1. The van der Waals surface area contributed by atoms with Crippen LogP contribution in [0.1, 0.15) is 61.9 Å². The summed E-state index contributed by atoms with van der Waals surface area (Å²) in [6.07, 6.45) is 5.10. The first-order chi connectivity index (χ1) is 11.0. The van der Waals surface area contributed by atoms with Gasteiger partial charge in [-0.25, -0.2) is 0 Å². The van der Waals surface area contributed by atoms with Crippen molar-refractivity contribution in [2.24, 2.45) is 5.92 Å². The lowest BCUT2D eigenvalue weighted by atomic mass is 10.0. The first-order valence-electron chi connectivity index (χ1n) is 8.64. The Morgan fingerprint density at radius 2 is 1.83 bits per heavy atom. The quantitative estimate of drug-likeness (QED) is 0.847. The van der Waals surface area contributed by atoms with Crippen molar-refractivity contribution in [3.05, 3.63) is 35.4 Å². The van der Waals surface area contributed by atoms with Gasteiger partial charge in [-0.05, 0) is 43.7 Å². The van der Waals surface area contributed by atoms with Crippen molar-refractivity contribution in [1.82, 2.24) is 10.6 Å². The van der Waals surface area contributed by atoms with Crippen LogP contribution in [0.25, 0.3) is 0 Å². The molecule has 0 radical (unpaired) electrons. The molecular formula is C19H28N2O2. The minimum absolute atomic E-state index is 0.0486. The third-order valence-corrected chi connectivity index (χ3v) is 4.42. The normalized spacial score (nSPS) is 16.3. The molecule has 0 saturated heterocycles. The lowest BCUT2D eigenvalue weighted by Gasteiger charge is -2.22. The molecule has 1 saturated carbocycles. The van der Waals surface area contributed by atoms with E-state index in [0.717, 1.165) is 18.4 Å². The molecule has 1 aliphatic rings. The Balaban J connectivity index is 2.03. The predicted molar refractivity (Wildman–Crippen MR) is 92.3 cm³/mol. The summed E-state index contributed by atoms with van der Waals surface area (Å²) in [4.78, 5) is 25.1. The minimum atomic E-state index is -0.470. The Labute approximate surface area is 139 Å². The zero-order valence-corrected chi connectivity index (χ0v) is 14.4. The van der Waals surface area contributed by atoms with E-state index in [1.54, 1.807) is 6.07 Å². The minimum Gasteiger partial charge on any atom is -0.352 e. The number of rotatable bonds is 6. The second-order valence-electron chi connectivity index (χ2n) is 6.96. The molecule has 0 bridgehead atoms. The summed E-state index contributed by atoms with van der Waals surface area (Å²) in [5.41, 5.74) is 1.56. The van der Waals surface area contributed by atoms with Crippen molar-refractivity contribution < 1.29 is 9.59 Å². The molecular weight excluding hydrogens is 288 g/mol. The average Bonchev–Trinajstić information content (AvgIpc) is 2.99. The molecule has 2 rings (SSSR count). The molecule has 0 unspecified atom stereocenters. The molecule has 23 heavy (non-hydrogen) atoms. The first-order valence-corrected chi connectivity index (χ1v) is 8.64. The zero-order valence-electron chi connectivity index (χ0n) is 14.4. The summed E-state index contributed by atoms with van der Waals surface area (Å²) in [7, 11) is 0. The Bertz CT molecular complexity index is 548. The van der Waals surface area contributed by atoms with Crippen molar-refractivity contribution in [3.8, 4) is 0 Å². The van der Waals surface area contributed by atoms with Crippen LogP contribution in [-0.2, 0) is 4.79 Å². The second kappa shape index (κ2) is 8.14. The Hall–Kier alpha value is -1.84. The van der Waals surface area contributed by atoms with Crippen molar-refractivity contribution in [3.63, 3.8) is 0 Å². The maximum Gasteiger partial charge on any atom is 0.252 e. The molecule has 2 amide bonds. The molecule has 4 nitrogen and oxygen atoms in total. The number of hydrogen-bond donors (Lipinski definition) is 2. The number of hydrogen-bond acceptors (Lipinski definition) is 2. The first kappa shape index (κ1) is 17.5. The van der Waals surface area contributed by atoms with E-state index in [-0.39, 0.29) is 17.9 Å². The number of nitrogens with one attached hydrogen (secondary N) is 2. The monoisotopic (exact) mass is 316 g/mol. The van der Waals surface area contributed by atoms with Gasteiger partial charge in [-0.1, -0.05) is 44.9 Å². The number of carbonyl (C=O) groups excluding carboxylic acids is 2. The van der Waals surface area contributed by atoms with Gasteiger partial charge in [0.05, 0.1) is 0 Å². The average molecular weight is 316 g/mol. The molecule has 0 aliphatic heterocycles. The lowest BCUT2D eigenvalue weighted by Crippen LogP contribution is -2.49. The zero-order chi connectivity index (χ0) is 16.8. The molecule has 1 aromatic carbocycles. The highest BCUT2D eigenvalue weighted by Gasteiger charge is 2.26. The molecule has 1 atom stereocenters. The Morgan fingerprint density at radius 1 is 1.17 bits per heavy atom. The number of benzene rings is 1. The van der Waals surface area contributed by atoms with Gasteiger partial charge < -0.3 is 10.6 Å². The summed E-state index contributed by atoms with van der Waals surface area (Å²) in [6, 6.07) is 7.26. The van der Waals surface area contributed by atoms with Gasteiger partial charge in [0.15, 0.2) is 0 Å². The van der Waals surface area contributed by atoms with E-state index in [1.165, 1.54) is 12.8 Å². The van der Waals surface area contributed by atoms with Crippen LogP contribution in [-0.4, -0.2) is 23.9 Å². The number of aryl methyl sites for hydroxylation is 1. The Kier molecular flexibility index (Phi) is 6.20. The van der Waals surface area contributed by atoms with E-state index >= 15 is 0 Å². The van der Waals surface area contributed by atoms with E-state index in [0.29, 0.717) is 17.9 Å². The van der Waals surface area contributed by atoms with E-state index in [1.807, 2.05) is 25.1 Å². The highest BCUT2D eigenvalue weighted by Crippen LogP contribution is 2.18. The van der Waals surface area contributed by atoms with Crippen LogP contribution < -0.4 is 10.6 Å². The molecule has 4 heteroatoms. The molecule has 0 aromatic heterocycles. The highest BCUT2D eigenvalue weighted by molar-refractivity contribution is 5.98. The van der Waals surface area contributed by atoms with E-state index < -0.39 is 6.04 Å². The third-order valence-electron chi connectivity index (χ3n) is 4.42. The molecule has 126 valence electrons. The van der Waals surface area contributed by atoms with Crippen molar-refractivity contribution >= 4 is 11.8 Å². The van der Waals surface area contributed by atoms with Crippen molar-refractivity contribution in [2.75, 3.05) is 0 Å². The van der Waals surface area contributed by atoms with Crippen molar-refractivity contribution in [1.29, 1.82) is 0 Å². The maximum atomic E-state index is 12.6. The summed E-state index contributed by atoms with van der Waals surface area (Å²) in [5, 5.41) is 6.03. The van der Waals surface area contributed by atoms with Gasteiger partial charge in [0.1, 0.15) is 6.04 Å². The summed E-state index contributed by atoms with van der Waals surface area (Å²) in [6.45, 7) is 6.04. The van der Waals surface area contributed by atoms with Gasteiger partial charge in [0.25, 0.3) is 5.91 Å². The van der Waals surface area contributed by atoms with Crippen LogP contribution in [0.3, 0.4) is 0 Å². The van der Waals surface area contributed by atoms with Crippen LogP contribution >= 0.6 is 0 Å². The van der Waals surface area contributed by atoms with Crippen LogP contribution in [0, 0.1) is 12.8 Å². The summed E-state index contributed by atoms with van der Waals surface area (Å²) >= 11 is 0. The van der Waals surface area contributed by atoms with Gasteiger partial charge in [-0.2, -0.15) is 0 Å². The van der Waals surface area contributed by atoms with Crippen molar-refractivity contribution in [2.45, 2.75) is 65.0 Å². The Morgan fingerprint density at radius 3 is 2.43 bits per heavy atom. The van der Waals surface area contributed by atoms with Crippen LogP contribution in [0.4, 0.5) is 0 Å². The fraction of sp³-hybridized carbons (Fsp3) is 0.579. The topological polar surface area (TPSA) is 58.2 Å². The van der Waals surface area contributed by atoms with Gasteiger partial charge in [-0.3, -0.25) is 9.59 Å². The number of amides is 2. The molecule has 1 aromatic rings. The highest BCUT2D eigenvalue weighted by atomic mass is 16.2. The maximum absolute atomic E-state index is 12.6. The van der Waals surface area contributed by atoms with Gasteiger partial charge in [0.2, 0.25) is 5.91 Å². The third kappa shape index (κ3) is 5.08. The van der Waals surface area contributed by atoms with Crippen LogP contribution in [0.15, 0.2) is 24.3 Å². The largest absolute Gasteiger partial charge is 0.352 e. The molecule has 0 spiro atoms. The summed E-state index contributed by atoms with van der Waals surface area (Å²) < 4.78 is 0. The molecule has 1 aliphatic carbocycles.